The first-order chi connectivity index (χ1) is 19.8. The number of carbonyl (C=O) groups is 1. The molecule has 1 atom stereocenters. The first-order valence-corrected chi connectivity index (χ1v) is 12.8. The molecular formula is C29H25FN8O3. The van der Waals surface area contributed by atoms with E-state index in [-0.39, 0.29) is 24.0 Å². The van der Waals surface area contributed by atoms with Crippen LogP contribution in [0.25, 0.3) is 39.0 Å². The highest BCUT2D eigenvalue weighted by Crippen LogP contribution is 2.26. The number of amides is 1. The van der Waals surface area contributed by atoms with Gasteiger partial charge in [-0.05, 0) is 84.8 Å². The molecule has 4 heterocycles. The molecule has 0 saturated heterocycles. The maximum Gasteiger partial charge on any atom is 0.277 e. The summed E-state index contributed by atoms with van der Waals surface area (Å²) in [5.74, 6) is -0.307. The summed E-state index contributed by atoms with van der Waals surface area (Å²) in [5.41, 5.74) is 4.52. The smallest absolute Gasteiger partial charge is 0.277 e. The molecule has 4 aromatic heterocycles. The second-order valence-electron chi connectivity index (χ2n) is 9.75. The van der Waals surface area contributed by atoms with E-state index in [4.69, 9.17) is 4.63 Å². The van der Waals surface area contributed by atoms with E-state index in [2.05, 4.69) is 30.9 Å². The third-order valence-corrected chi connectivity index (χ3v) is 7.01. The molecule has 0 spiro atoms. The Hall–Kier alpha value is -5.23. The monoisotopic (exact) mass is 552 g/mol. The van der Waals surface area contributed by atoms with Gasteiger partial charge in [0.15, 0.2) is 0 Å². The third-order valence-electron chi connectivity index (χ3n) is 7.01. The van der Waals surface area contributed by atoms with Crippen LogP contribution in [0.2, 0.25) is 0 Å². The van der Waals surface area contributed by atoms with Crippen molar-refractivity contribution in [2.24, 2.45) is 0 Å². The van der Waals surface area contributed by atoms with Crippen LogP contribution in [0.3, 0.4) is 0 Å². The summed E-state index contributed by atoms with van der Waals surface area (Å²) in [6, 6.07) is 11.3. The fourth-order valence-electron chi connectivity index (χ4n) is 4.70. The summed E-state index contributed by atoms with van der Waals surface area (Å²) in [4.78, 5) is 35.3. The highest BCUT2D eigenvalue weighted by molar-refractivity contribution is 5.94. The average molecular weight is 553 g/mol. The maximum absolute atomic E-state index is 13.9. The van der Waals surface area contributed by atoms with Crippen molar-refractivity contribution < 1.29 is 13.8 Å². The maximum atomic E-state index is 13.9. The van der Waals surface area contributed by atoms with Crippen LogP contribution in [0.4, 0.5) is 10.1 Å². The van der Waals surface area contributed by atoms with Gasteiger partial charge in [0.25, 0.3) is 5.56 Å². The minimum absolute atomic E-state index is 0.0446. The highest BCUT2D eigenvalue weighted by atomic mass is 19.1. The van der Waals surface area contributed by atoms with Crippen molar-refractivity contribution in [3.05, 3.63) is 94.5 Å². The van der Waals surface area contributed by atoms with Gasteiger partial charge >= 0.3 is 0 Å². The summed E-state index contributed by atoms with van der Waals surface area (Å²) >= 11 is 0. The normalized spacial score (nSPS) is 12.2. The van der Waals surface area contributed by atoms with Crippen LogP contribution in [0.15, 0.2) is 76.7 Å². The Labute approximate surface area is 232 Å². The lowest BCUT2D eigenvalue weighted by Crippen LogP contribution is -2.38. The molecule has 0 radical (unpaired) electrons. The Balaban J connectivity index is 1.44. The van der Waals surface area contributed by atoms with Crippen molar-refractivity contribution in [2.45, 2.75) is 26.4 Å². The molecule has 0 aliphatic carbocycles. The van der Waals surface area contributed by atoms with Gasteiger partial charge in [-0.2, -0.15) is 0 Å². The van der Waals surface area contributed by atoms with E-state index in [0.717, 1.165) is 22.2 Å². The number of nitrogens with one attached hydrogen (secondary N) is 2. The van der Waals surface area contributed by atoms with E-state index in [1.807, 2.05) is 23.8 Å². The zero-order valence-electron chi connectivity index (χ0n) is 22.4. The zero-order valence-corrected chi connectivity index (χ0v) is 22.4. The number of nitrogens with zero attached hydrogens (tertiary/aromatic N) is 6. The molecule has 0 aliphatic heterocycles. The molecule has 12 heteroatoms. The molecule has 0 aliphatic rings. The SMILES string of the molecule is CNC(C)C(=O)Nc1cnc(-c2ccc3nonc3c2)n(Cc2cncc(-n3cc(C)c4cc(F)ccc43)c2)c1=O. The summed E-state index contributed by atoms with van der Waals surface area (Å²) in [7, 11) is 1.66. The van der Waals surface area contributed by atoms with Gasteiger partial charge in [0, 0.05) is 23.3 Å². The van der Waals surface area contributed by atoms with Crippen LogP contribution in [-0.2, 0) is 11.3 Å². The molecule has 6 aromatic rings. The van der Waals surface area contributed by atoms with Crippen molar-refractivity contribution in [3.8, 4) is 17.1 Å². The van der Waals surface area contributed by atoms with Gasteiger partial charge in [-0.15, -0.1) is 0 Å². The van der Waals surface area contributed by atoms with Crippen molar-refractivity contribution in [2.75, 3.05) is 12.4 Å². The summed E-state index contributed by atoms with van der Waals surface area (Å²) in [6.07, 6.45) is 6.64. The lowest BCUT2D eigenvalue weighted by Gasteiger charge is -2.16. The minimum Gasteiger partial charge on any atom is -0.319 e. The van der Waals surface area contributed by atoms with Crippen LogP contribution in [0.5, 0.6) is 0 Å². The third kappa shape index (κ3) is 4.85. The van der Waals surface area contributed by atoms with Crippen molar-refractivity contribution in [3.63, 3.8) is 0 Å². The van der Waals surface area contributed by atoms with Crippen LogP contribution < -0.4 is 16.2 Å². The number of aromatic nitrogens is 6. The minimum atomic E-state index is -0.515. The van der Waals surface area contributed by atoms with E-state index in [9.17, 15) is 14.0 Å². The fourth-order valence-corrected chi connectivity index (χ4v) is 4.70. The Morgan fingerprint density at radius 2 is 1.90 bits per heavy atom. The molecule has 41 heavy (non-hydrogen) atoms. The molecule has 6 rings (SSSR count). The number of hydrogen-bond acceptors (Lipinski definition) is 8. The predicted octanol–water partition coefficient (Wildman–Crippen LogP) is 3.83. The number of benzene rings is 2. The standard InChI is InChI=1S/C29H25FN8O3/c1-16-14-37(26-7-5-20(30)10-22(16)26)21-8-18(11-32-12-21)15-38-27(19-4-6-23-24(9-19)36-41-35-23)33-13-25(29(38)40)34-28(39)17(2)31-3/h4-14,17,31H,15H2,1-3H3,(H,34,39). The quantitative estimate of drug-likeness (QED) is 0.305. The van der Waals surface area contributed by atoms with Crippen molar-refractivity contribution in [1.82, 2.24) is 34.7 Å². The predicted molar refractivity (Wildman–Crippen MR) is 151 cm³/mol. The Morgan fingerprint density at radius 1 is 1.07 bits per heavy atom. The lowest BCUT2D eigenvalue weighted by atomic mass is 10.1. The van der Waals surface area contributed by atoms with Crippen molar-refractivity contribution >= 4 is 33.5 Å². The Kier molecular flexibility index (Phi) is 6.59. The molecule has 206 valence electrons. The van der Waals surface area contributed by atoms with Gasteiger partial charge in [0.2, 0.25) is 5.91 Å². The molecule has 1 amide bonds. The molecule has 11 nitrogen and oxygen atoms in total. The number of carbonyl (C=O) groups excluding carboxylic acids is 1. The van der Waals surface area contributed by atoms with Crippen LogP contribution >= 0.6 is 0 Å². The van der Waals surface area contributed by atoms with E-state index in [0.29, 0.717) is 28.0 Å². The molecule has 1 unspecified atom stereocenters. The number of likely N-dealkylation sites (N-methyl/N-ethyl adjacent to an activating group) is 1. The Morgan fingerprint density at radius 3 is 2.73 bits per heavy atom. The number of pyridine rings is 1. The molecule has 0 fully saturated rings. The van der Waals surface area contributed by atoms with Gasteiger partial charge in [-0.25, -0.2) is 14.0 Å². The molecule has 2 aromatic carbocycles. The van der Waals surface area contributed by atoms with Crippen LogP contribution in [0, 0.1) is 12.7 Å². The topological polar surface area (TPSA) is 133 Å². The average Bonchev–Trinajstić information content (AvgIpc) is 3.58. The first kappa shape index (κ1) is 26.0. The van der Waals surface area contributed by atoms with Crippen LogP contribution in [-0.4, -0.2) is 48.4 Å². The second kappa shape index (κ2) is 10.4. The number of fused-ring (bicyclic) bond motifs is 2. The highest BCUT2D eigenvalue weighted by Gasteiger charge is 2.18. The molecule has 2 N–H and O–H groups in total. The van der Waals surface area contributed by atoms with E-state index < -0.39 is 11.6 Å². The number of hydrogen-bond donors (Lipinski definition) is 2. The molecule has 0 bridgehead atoms. The summed E-state index contributed by atoms with van der Waals surface area (Å²) < 4.78 is 22.1. The lowest BCUT2D eigenvalue weighted by molar-refractivity contribution is -0.117. The van der Waals surface area contributed by atoms with E-state index in [1.54, 1.807) is 50.6 Å². The largest absolute Gasteiger partial charge is 0.319 e. The van der Waals surface area contributed by atoms with E-state index in [1.165, 1.54) is 22.9 Å². The number of anilines is 1. The van der Waals surface area contributed by atoms with Gasteiger partial charge < -0.3 is 15.2 Å². The van der Waals surface area contributed by atoms with Crippen molar-refractivity contribution in [1.29, 1.82) is 0 Å². The summed E-state index contributed by atoms with van der Waals surface area (Å²) in [5, 5.41) is 14.1. The summed E-state index contributed by atoms with van der Waals surface area (Å²) in [6.45, 7) is 3.72. The van der Waals surface area contributed by atoms with Gasteiger partial charge in [0.1, 0.15) is 28.4 Å². The number of halogens is 1. The number of rotatable bonds is 7. The van der Waals surface area contributed by atoms with Crippen LogP contribution in [0.1, 0.15) is 18.1 Å². The molecular weight excluding hydrogens is 527 g/mol. The van der Waals surface area contributed by atoms with Gasteiger partial charge in [0.05, 0.1) is 36.2 Å². The van der Waals surface area contributed by atoms with Gasteiger partial charge in [-0.1, -0.05) is 0 Å². The second-order valence-corrected chi connectivity index (χ2v) is 9.75. The van der Waals surface area contributed by atoms with Gasteiger partial charge in [-0.3, -0.25) is 19.1 Å². The van der Waals surface area contributed by atoms with E-state index >= 15 is 0 Å². The Bertz CT molecular complexity index is 1990. The number of aryl methyl sites for hydroxylation is 1. The fraction of sp³-hybridized carbons (Fsp3) is 0.172. The first-order valence-electron chi connectivity index (χ1n) is 12.8. The zero-order chi connectivity index (χ0) is 28.7. The molecule has 0 saturated carbocycles.